The Morgan fingerprint density at radius 1 is 1.08 bits per heavy atom. The number of hydrogen-bond acceptors (Lipinski definition) is 5. The molecule has 2 rings (SSSR count). The molecule has 0 bridgehead atoms. The summed E-state index contributed by atoms with van der Waals surface area (Å²) in [7, 11) is 0. The predicted molar refractivity (Wildman–Crippen MR) is 108 cm³/mol. The van der Waals surface area contributed by atoms with Crippen LogP contribution in [-0.4, -0.2) is 47.9 Å². The molecule has 0 atom stereocenters. The SMILES string of the molecule is CCOC(=O)CCCCCCC(=O)c1cccc(CN2CCSCC2)c1. The number of unbranched alkanes of at least 4 members (excludes halogenated alkanes) is 3. The first kappa shape index (κ1) is 21.0. The molecule has 26 heavy (non-hydrogen) atoms. The molecule has 1 fully saturated rings. The van der Waals surface area contributed by atoms with E-state index in [9.17, 15) is 9.59 Å². The highest BCUT2D eigenvalue weighted by Gasteiger charge is 2.12. The first-order valence-corrected chi connectivity index (χ1v) is 10.9. The van der Waals surface area contributed by atoms with Gasteiger partial charge in [-0.15, -0.1) is 0 Å². The second-order valence-corrected chi connectivity index (χ2v) is 7.96. The van der Waals surface area contributed by atoms with Gasteiger partial charge < -0.3 is 4.74 Å². The number of ether oxygens (including phenoxy) is 1. The standard InChI is InChI=1S/C21H31NO3S/c1-2-25-21(24)11-6-4-3-5-10-20(23)19-9-7-8-18(16-19)17-22-12-14-26-15-13-22/h7-9,16H,2-6,10-15,17H2,1H3. The molecule has 0 spiro atoms. The van der Waals surface area contributed by atoms with Gasteiger partial charge in [-0.2, -0.15) is 11.8 Å². The molecule has 1 aliphatic heterocycles. The van der Waals surface area contributed by atoms with Crippen LogP contribution < -0.4 is 0 Å². The number of carbonyl (C=O) groups is 2. The zero-order valence-electron chi connectivity index (χ0n) is 15.9. The van der Waals surface area contributed by atoms with Crippen LogP contribution in [0.3, 0.4) is 0 Å². The molecule has 1 saturated heterocycles. The molecule has 1 aliphatic rings. The van der Waals surface area contributed by atoms with Crippen LogP contribution in [0, 0.1) is 0 Å². The number of nitrogens with zero attached hydrogens (tertiary/aromatic N) is 1. The lowest BCUT2D eigenvalue weighted by atomic mass is 10.0. The van der Waals surface area contributed by atoms with Crippen LogP contribution in [0.25, 0.3) is 0 Å². The third-order valence-electron chi connectivity index (χ3n) is 4.60. The minimum atomic E-state index is -0.118. The molecule has 0 radical (unpaired) electrons. The molecule has 0 N–H and O–H groups in total. The van der Waals surface area contributed by atoms with Gasteiger partial charge in [0.25, 0.3) is 0 Å². The Hall–Kier alpha value is -1.33. The van der Waals surface area contributed by atoms with Crippen molar-refractivity contribution in [3.8, 4) is 0 Å². The number of Topliss-reactive ketones (excluding diaryl/α,β-unsaturated/α-hetero) is 1. The number of rotatable bonds is 11. The first-order valence-electron chi connectivity index (χ1n) is 9.77. The Morgan fingerprint density at radius 2 is 1.81 bits per heavy atom. The van der Waals surface area contributed by atoms with Crippen molar-refractivity contribution < 1.29 is 14.3 Å². The van der Waals surface area contributed by atoms with E-state index in [1.54, 1.807) is 0 Å². The number of esters is 1. The van der Waals surface area contributed by atoms with Gasteiger partial charge in [0, 0.05) is 49.5 Å². The fourth-order valence-electron chi connectivity index (χ4n) is 3.15. The van der Waals surface area contributed by atoms with Crippen LogP contribution in [0.5, 0.6) is 0 Å². The highest BCUT2D eigenvalue weighted by atomic mass is 32.2. The van der Waals surface area contributed by atoms with Crippen LogP contribution in [0.15, 0.2) is 24.3 Å². The third kappa shape index (κ3) is 7.92. The van der Waals surface area contributed by atoms with Gasteiger partial charge in [0.05, 0.1) is 6.61 Å². The molecule has 1 heterocycles. The molecule has 1 aromatic rings. The van der Waals surface area contributed by atoms with Crippen LogP contribution in [0.1, 0.15) is 61.4 Å². The van der Waals surface area contributed by atoms with E-state index in [1.165, 1.54) is 17.1 Å². The van der Waals surface area contributed by atoms with E-state index >= 15 is 0 Å². The summed E-state index contributed by atoms with van der Waals surface area (Å²) in [6.45, 7) is 5.48. The van der Waals surface area contributed by atoms with Gasteiger partial charge in [-0.1, -0.05) is 31.0 Å². The molecule has 0 aromatic heterocycles. The van der Waals surface area contributed by atoms with Gasteiger partial charge in [-0.25, -0.2) is 0 Å². The summed E-state index contributed by atoms with van der Waals surface area (Å²) in [6.07, 6.45) is 4.75. The monoisotopic (exact) mass is 377 g/mol. The summed E-state index contributed by atoms with van der Waals surface area (Å²) >= 11 is 2.01. The van der Waals surface area contributed by atoms with Crippen molar-refractivity contribution in [2.45, 2.75) is 52.0 Å². The Morgan fingerprint density at radius 3 is 2.54 bits per heavy atom. The van der Waals surface area contributed by atoms with E-state index in [-0.39, 0.29) is 11.8 Å². The summed E-state index contributed by atoms with van der Waals surface area (Å²) in [5.74, 6) is 2.52. The molecule has 5 heteroatoms. The summed E-state index contributed by atoms with van der Waals surface area (Å²) < 4.78 is 4.91. The summed E-state index contributed by atoms with van der Waals surface area (Å²) in [5.41, 5.74) is 2.07. The van der Waals surface area contributed by atoms with Crippen LogP contribution >= 0.6 is 11.8 Å². The molecule has 1 aromatic carbocycles. The number of ketones is 1. The Balaban J connectivity index is 1.67. The van der Waals surface area contributed by atoms with Crippen molar-refractivity contribution in [1.82, 2.24) is 4.90 Å². The summed E-state index contributed by atoms with van der Waals surface area (Å²) in [6, 6.07) is 8.11. The summed E-state index contributed by atoms with van der Waals surface area (Å²) in [5, 5.41) is 0. The second kappa shape index (κ2) is 12.1. The van der Waals surface area contributed by atoms with Gasteiger partial charge in [-0.3, -0.25) is 14.5 Å². The molecule has 0 amide bonds. The van der Waals surface area contributed by atoms with Gasteiger partial charge in [-0.05, 0) is 31.4 Å². The molecular formula is C21H31NO3S. The fraction of sp³-hybridized carbons (Fsp3) is 0.619. The van der Waals surface area contributed by atoms with Crippen LogP contribution in [0.2, 0.25) is 0 Å². The number of benzene rings is 1. The van der Waals surface area contributed by atoms with E-state index in [4.69, 9.17) is 4.74 Å². The van der Waals surface area contributed by atoms with Crippen LogP contribution in [-0.2, 0) is 16.1 Å². The molecular weight excluding hydrogens is 346 g/mol. The average Bonchev–Trinajstić information content (AvgIpc) is 2.65. The molecule has 144 valence electrons. The quantitative estimate of drug-likeness (QED) is 0.326. The Bertz CT molecular complexity index is 570. The maximum absolute atomic E-state index is 12.4. The van der Waals surface area contributed by atoms with E-state index in [0.29, 0.717) is 19.4 Å². The van der Waals surface area contributed by atoms with Crippen molar-refractivity contribution in [1.29, 1.82) is 0 Å². The summed E-state index contributed by atoms with van der Waals surface area (Å²) in [4.78, 5) is 26.1. The molecule has 0 unspecified atom stereocenters. The van der Waals surface area contributed by atoms with E-state index < -0.39 is 0 Å². The minimum absolute atomic E-state index is 0.118. The van der Waals surface area contributed by atoms with Crippen molar-refractivity contribution >= 4 is 23.5 Å². The largest absolute Gasteiger partial charge is 0.466 e. The lowest BCUT2D eigenvalue weighted by molar-refractivity contribution is -0.143. The normalized spacial score (nSPS) is 15.0. The minimum Gasteiger partial charge on any atom is -0.466 e. The Labute approximate surface area is 161 Å². The third-order valence-corrected chi connectivity index (χ3v) is 5.54. The fourth-order valence-corrected chi connectivity index (χ4v) is 4.13. The van der Waals surface area contributed by atoms with Gasteiger partial charge >= 0.3 is 5.97 Å². The number of carbonyl (C=O) groups excluding carboxylic acids is 2. The first-order chi connectivity index (χ1) is 12.7. The lowest BCUT2D eigenvalue weighted by Gasteiger charge is -2.26. The zero-order chi connectivity index (χ0) is 18.6. The van der Waals surface area contributed by atoms with E-state index in [2.05, 4.69) is 17.0 Å². The highest BCUT2D eigenvalue weighted by Crippen LogP contribution is 2.16. The van der Waals surface area contributed by atoms with Crippen molar-refractivity contribution in [2.24, 2.45) is 0 Å². The maximum atomic E-state index is 12.4. The van der Waals surface area contributed by atoms with Gasteiger partial charge in [0.15, 0.2) is 5.78 Å². The average molecular weight is 378 g/mol. The van der Waals surface area contributed by atoms with Crippen molar-refractivity contribution in [3.63, 3.8) is 0 Å². The van der Waals surface area contributed by atoms with E-state index in [1.807, 2.05) is 30.8 Å². The highest BCUT2D eigenvalue weighted by molar-refractivity contribution is 7.99. The topological polar surface area (TPSA) is 46.6 Å². The Kier molecular flexibility index (Phi) is 9.78. The molecule has 4 nitrogen and oxygen atoms in total. The molecule has 0 aliphatic carbocycles. The second-order valence-electron chi connectivity index (χ2n) is 6.73. The number of hydrogen-bond donors (Lipinski definition) is 0. The maximum Gasteiger partial charge on any atom is 0.305 e. The molecule has 0 saturated carbocycles. The van der Waals surface area contributed by atoms with Crippen molar-refractivity contribution in [3.05, 3.63) is 35.4 Å². The van der Waals surface area contributed by atoms with Gasteiger partial charge in [0.1, 0.15) is 0 Å². The zero-order valence-corrected chi connectivity index (χ0v) is 16.7. The van der Waals surface area contributed by atoms with Crippen LogP contribution in [0.4, 0.5) is 0 Å². The number of thioether (sulfide) groups is 1. The van der Waals surface area contributed by atoms with E-state index in [0.717, 1.165) is 50.9 Å². The van der Waals surface area contributed by atoms with Gasteiger partial charge in [0.2, 0.25) is 0 Å². The van der Waals surface area contributed by atoms with Crippen molar-refractivity contribution in [2.75, 3.05) is 31.2 Å². The predicted octanol–water partition coefficient (Wildman–Crippen LogP) is 4.32. The smallest absolute Gasteiger partial charge is 0.305 e. The lowest BCUT2D eigenvalue weighted by Crippen LogP contribution is -2.31.